The second-order valence-electron chi connectivity index (χ2n) is 5.10. The topological polar surface area (TPSA) is 39.1 Å². The maximum Gasteiger partial charge on any atom is 0.135 e. The molecule has 6 heteroatoms. The minimum absolute atomic E-state index is 0.491. The molecule has 0 saturated carbocycles. The van der Waals surface area contributed by atoms with Crippen LogP contribution < -0.4 is 5.32 Å². The van der Waals surface area contributed by atoms with Gasteiger partial charge in [0.2, 0.25) is 0 Å². The summed E-state index contributed by atoms with van der Waals surface area (Å²) in [5.74, 6) is 0.933. The zero-order valence-electron chi connectivity index (χ0n) is 11.8. The van der Waals surface area contributed by atoms with E-state index in [1.54, 1.807) is 13.2 Å². The molecular weight excluding hydrogens is 309 g/mol. The first-order valence-corrected chi connectivity index (χ1v) is 7.65. The van der Waals surface area contributed by atoms with E-state index < -0.39 is 0 Å². The van der Waals surface area contributed by atoms with E-state index in [1.807, 2.05) is 12.1 Å². The monoisotopic (exact) mass is 325 g/mol. The zero-order valence-corrected chi connectivity index (χ0v) is 13.3. The van der Waals surface area contributed by atoms with Crippen LogP contribution in [0, 0.1) is 0 Å². The molecule has 0 saturated heterocycles. The number of aromatic nitrogens is 2. The SMILES string of the molecule is COCc1nc2c(n1Cc1cc(Cl)ccc1Cl)CNCC2. The van der Waals surface area contributed by atoms with Crippen molar-refractivity contribution in [3.05, 3.63) is 51.0 Å². The number of hydrogen-bond donors (Lipinski definition) is 1. The smallest absolute Gasteiger partial charge is 0.135 e. The number of methoxy groups -OCH3 is 1. The lowest BCUT2D eigenvalue weighted by molar-refractivity contribution is 0.174. The van der Waals surface area contributed by atoms with E-state index in [-0.39, 0.29) is 0 Å². The Balaban J connectivity index is 2.00. The molecule has 1 N–H and O–H groups in total. The molecule has 1 aliphatic rings. The van der Waals surface area contributed by atoms with E-state index in [4.69, 9.17) is 32.9 Å². The van der Waals surface area contributed by atoms with Gasteiger partial charge in [-0.25, -0.2) is 4.98 Å². The Kier molecular flexibility index (Phi) is 4.50. The molecule has 0 spiro atoms. The number of halogens is 2. The number of nitrogens with zero attached hydrogens (tertiary/aromatic N) is 2. The summed E-state index contributed by atoms with van der Waals surface area (Å²) in [5, 5.41) is 4.79. The second-order valence-corrected chi connectivity index (χ2v) is 5.95. The van der Waals surface area contributed by atoms with E-state index in [0.29, 0.717) is 23.2 Å². The molecule has 1 aliphatic heterocycles. The highest BCUT2D eigenvalue weighted by molar-refractivity contribution is 6.33. The van der Waals surface area contributed by atoms with E-state index in [9.17, 15) is 0 Å². The maximum atomic E-state index is 6.29. The van der Waals surface area contributed by atoms with Crippen LogP contribution in [-0.2, 0) is 30.9 Å². The van der Waals surface area contributed by atoms with Gasteiger partial charge in [0.25, 0.3) is 0 Å². The predicted molar refractivity (Wildman–Crippen MR) is 83.9 cm³/mol. The molecular formula is C15H17Cl2N3O. The van der Waals surface area contributed by atoms with Gasteiger partial charge in [0, 0.05) is 36.7 Å². The van der Waals surface area contributed by atoms with Crippen LogP contribution in [-0.4, -0.2) is 23.2 Å². The quantitative estimate of drug-likeness (QED) is 0.939. The van der Waals surface area contributed by atoms with Crippen molar-refractivity contribution in [1.82, 2.24) is 14.9 Å². The average molecular weight is 326 g/mol. The molecule has 112 valence electrons. The van der Waals surface area contributed by atoms with E-state index in [2.05, 4.69) is 9.88 Å². The minimum Gasteiger partial charge on any atom is -0.377 e. The summed E-state index contributed by atoms with van der Waals surface area (Å²) in [7, 11) is 1.68. The molecule has 0 radical (unpaired) electrons. The van der Waals surface area contributed by atoms with Crippen molar-refractivity contribution in [3.63, 3.8) is 0 Å². The van der Waals surface area contributed by atoms with Gasteiger partial charge in [0.1, 0.15) is 12.4 Å². The predicted octanol–water partition coefficient (Wildman–Crippen LogP) is 3.03. The molecule has 0 amide bonds. The van der Waals surface area contributed by atoms with E-state index in [1.165, 1.54) is 5.69 Å². The summed E-state index contributed by atoms with van der Waals surface area (Å²) in [6, 6.07) is 5.54. The Morgan fingerprint density at radius 2 is 2.24 bits per heavy atom. The third-order valence-electron chi connectivity index (χ3n) is 3.68. The van der Waals surface area contributed by atoms with Crippen LogP contribution in [0.15, 0.2) is 18.2 Å². The summed E-state index contributed by atoms with van der Waals surface area (Å²) >= 11 is 12.4. The molecule has 0 atom stereocenters. The van der Waals surface area contributed by atoms with Crippen molar-refractivity contribution in [2.75, 3.05) is 13.7 Å². The van der Waals surface area contributed by atoms with Crippen molar-refractivity contribution in [2.45, 2.75) is 26.1 Å². The molecule has 3 rings (SSSR count). The minimum atomic E-state index is 0.491. The first-order chi connectivity index (χ1) is 10.2. The first kappa shape index (κ1) is 14.9. The van der Waals surface area contributed by atoms with Crippen LogP contribution in [0.3, 0.4) is 0 Å². The Hall–Kier alpha value is -1.07. The lowest BCUT2D eigenvalue weighted by atomic mass is 10.1. The third kappa shape index (κ3) is 3.09. The Bertz CT molecular complexity index is 655. The van der Waals surface area contributed by atoms with Crippen LogP contribution in [0.4, 0.5) is 0 Å². The summed E-state index contributed by atoms with van der Waals surface area (Å²) in [5.41, 5.74) is 3.36. The van der Waals surface area contributed by atoms with Gasteiger partial charge in [-0.3, -0.25) is 0 Å². The van der Waals surface area contributed by atoms with Gasteiger partial charge in [-0.05, 0) is 23.8 Å². The Morgan fingerprint density at radius 1 is 1.38 bits per heavy atom. The van der Waals surface area contributed by atoms with Crippen molar-refractivity contribution in [1.29, 1.82) is 0 Å². The number of nitrogens with one attached hydrogen (secondary N) is 1. The Morgan fingerprint density at radius 3 is 3.05 bits per heavy atom. The van der Waals surface area contributed by atoms with Crippen LogP contribution >= 0.6 is 23.2 Å². The zero-order chi connectivity index (χ0) is 14.8. The summed E-state index contributed by atoms with van der Waals surface area (Å²) in [4.78, 5) is 4.71. The lowest BCUT2D eigenvalue weighted by Gasteiger charge is -2.17. The molecule has 2 heterocycles. The van der Waals surface area contributed by atoms with Gasteiger partial charge in [0.15, 0.2) is 0 Å². The number of fused-ring (bicyclic) bond motifs is 1. The third-order valence-corrected chi connectivity index (χ3v) is 4.28. The number of rotatable bonds is 4. The number of hydrogen-bond acceptors (Lipinski definition) is 3. The molecule has 4 nitrogen and oxygen atoms in total. The fourth-order valence-electron chi connectivity index (χ4n) is 2.66. The van der Waals surface area contributed by atoms with Crippen molar-refractivity contribution < 1.29 is 4.74 Å². The maximum absolute atomic E-state index is 6.29. The Labute approximate surface area is 134 Å². The normalized spacial score (nSPS) is 14.2. The molecule has 0 bridgehead atoms. The van der Waals surface area contributed by atoms with Gasteiger partial charge in [-0.1, -0.05) is 23.2 Å². The summed E-state index contributed by atoms with van der Waals surface area (Å²) in [6.45, 7) is 2.94. The highest BCUT2D eigenvalue weighted by Crippen LogP contribution is 2.24. The van der Waals surface area contributed by atoms with Gasteiger partial charge >= 0.3 is 0 Å². The molecule has 2 aromatic rings. The molecule has 0 unspecified atom stereocenters. The lowest BCUT2D eigenvalue weighted by Crippen LogP contribution is -2.25. The van der Waals surface area contributed by atoms with Gasteiger partial charge < -0.3 is 14.6 Å². The number of imidazole rings is 1. The molecule has 1 aromatic carbocycles. The molecule has 0 aliphatic carbocycles. The standard InChI is InChI=1S/C15H17Cl2N3O/c1-21-9-15-19-13-4-5-18-7-14(13)20(15)8-10-6-11(16)2-3-12(10)17/h2-3,6,18H,4-5,7-9H2,1H3. The summed E-state index contributed by atoms with van der Waals surface area (Å²) < 4.78 is 7.46. The van der Waals surface area contributed by atoms with E-state index >= 15 is 0 Å². The fourth-order valence-corrected chi connectivity index (χ4v) is 3.04. The highest BCUT2D eigenvalue weighted by Gasteiger charge is 2.20. The van der Waals surface area contributed by atoms with E-state index in [0.717, 1.165) is 36.6 Å². The molecule has 21 heavy (non-hydrogen) atoms. The first-order valence-electron chi connectivity index (χ1n) is 6.89. The van der Waals surface area contributed by atoms with Crippen molar-refractivity contribution >= 4 is 23.2 Å². The van der Waals surface area contributed by atoms with Gasteiger partial charge in [0.05, 0.1) is 17.9 Å². The van der Waals surface area contributed by atoms with Crippen LogP contribution in [0.2, 0.25) is 10.0 Å². The van der Waals surface area contributed by atoms with Crippen LogP contribution in [0.5, 0.6) is 0 Å². The largest absolute Gasteiger partial charge is 0.377 e. The summed E-state index contributed by atoms with van der Waals surface area (Å²) in [6.07, 6.45) is 0.947. The number of benzene rings is 1. The van der Waals surface area contributed by atoms with Gasteiger partial charge in [-0.2, -0.15) is 0 Å². The van der Waals surface area contributed by atoms with Crippen LogP contribution in [0.1, 0.15) is 22.8 Å². The van der Waals surface area contributed by atoms with Crippen LogP contribution in [0.25, 0.3) is 0 Å². The highest BCUT2D eigenvalue weighted by atomic mass is 35.5. The molecule has 0 fully saturated rings. The average Bonchev–Trinajstić information content (AvgIpc) is 2.81. The number of ether oxygens (including phenoxy) is 1. The fraction of sp³-hybridized carbons (Fsp3) is 0.400. The molecule has 1 aromatic heterocycles. The van der Waals surface area contributed by atoms with Gasteiger partial charge in [-0.15, -0.1) is 0 Å². The van der Waals surface area contributed by atoms with Crippen molar-refractivity contribution in [3.8, 4) is 0 Å². The van der Waals surface area contributed by atoms with Crippen molar-refractivity contribution in [2.24, 2.45) is 0 Å². The second kappa shape index (κ2) is 6.36.